The first-order valence-electron chi connectivity index (χ1n) is 3.67. The van der Waals surface area contributed by atoms with Crippen LogP contribution in [0.15, 0.2) is 29.0 Å². The van der Waals surface area contributed by atoms with Gasteiger partial charge in [-0.1, -0.05) is 11.8 Å². The Bertz CT molecular complexity index is 284. The predicted octanol–water partition coefficient (Wildman–Crippen LogP) is 2.89. The SMILES string of the molecule is [C-]#[N+]C1=C(CC)C=C[C+]=C1C. The number of allylic oxidation sites excluding steroid dienone is 5. The lowest BCUT2D eigenvalue weighted by Crippen LogP contribution is -1.90. The van der Waals surface area contributed by atoms with Crippen LogP contribution in [0.1, 0.15) is 20.3 Å². The van der Waals surface area contributed by atoms with Crippen molar-refractivity contribution in [1.82, 2.24) is 0 Å². The first-order valence-corrected chi connectivity index (χ1v) is 3.67. The molecular formula is C10H10N+. The highest BCUT2D eigenvalue weighted by Crippen LogP contribution is 2.22. The summed E-state index contributed by atoms with van der Waals surface area (Å²) < 4.78 is 0. The van der Waals surface area contributed by atoms with Crippen LogP contribution in [-0.4, -0.2) is 0 Å². The topological polar surface area (TPSA) is 4.36 Å². The molecule has 0 aromatic carbocycles. The Hall–Kier alpha value is -1.38. The third-order valence-electron chi connectivity index (χ3n) is 1.74. The van der Waals surface area contributed by atoms with Crippen LogP contribution in [0, 0.1) is 12.6 Å². The van der Waals surface area contributed by atoms with Gasteiger partial charge in [-0.25, -0.2) is 0 Å². The third-order valence-corrected chi connectivity index (χ3v) is 1.74. The molecule has 0 aliphatic heterocycles. The fraction of sp³-hybridized carbons (Fsp3) is 0.300. The van der Waals surface area contributed by atoms with Crippen molar-refractivity contribution in [1.29, 1.82) is 0 Å². The summed E-state index contributed by atoms with van der Waals surface area (Å²) >= 11 is 0. The molecule has 0 bridgehead atoms. The standard InChI is InChI=1S/C10H10N/c1-4-9-7-5-6-8(2)10(9)11-3/h5,7H,4H2,1-2H3/q+1. The van der Waals surface area contributed by atoms with E-state index in [1.54, 1.807) is 0 Å². The molecule has 0 atom stereocenters. The van der Waals surface area contributed by atoms with Gasteiger partial charge in [-0.05, 0) is 0 Å². The summed E-state index contributed by atoms with van der Waals surface area (Å²) in [6, 6.07) is 0. The van der Waals surface area contributed by atoms with E-state index in [1.807, 2.05) is 19.1 Å². The minimum atomic E-state index is 0.773. The Morgan fingerprint density at radius 2 is 2.36 bits per heavy atom. The molecule has 54 valence electrons. The zero-order valence-corrected chi connectivity index (χ0v) is 6.81. The molecule has 0 radical (unpaired) electrons. The summed E-state index contributed by atoms with van der Waals surface area (Å²) in [6.07, 6.45) is 7.77. The van der Waals surface area contributed by atoms with Crippen molar-refractivity contribution in [2.75, 3.05) is 0 Å². The second-order valence-corrected chi connectivity index (χ2v) is 2.44. The van der Waals surface area contributed by atoms with Gasteiger partial charge in [0.1, 0.15) is 12.6 Å². The van der Waals surface area contributed by atoms with E-state index in [1.165, 1.54) is 0 Å². The average Bonchev–Trinajstić information content (AvgIpc) is 2.04. The van der Waals surface area contributed by atoms with Gasteiger partial charge in [0.05, 0.1) is 12.2 Å². The summed E-state index contributed by atoms with van der Waals surface area (Å²) in [7, 11) is 0. The number of hydrogen-bond donors (Lipinski definition) is 0. The molecule has 0 aromatic heterocycles. The van der Waals surface area contributed by atoms with Crippen molar-refractivity contribution in [3.8, 4) is 0 Å². The molecule has 0 aromatic rings. The first-order chi connectivity index (χ1) is 5.29. The van der Waals surface area contributed by atoms with Crippen LogP contribution in [-0.2, 0) is 0 Å². The maximum Gasteiger partial charge on any atom is 0.429 e. The molecule has 0 heterocycles. The molecule has 1 aliphatic carbocycles. The highest BCUT2D eigenvalue weighted by atomic mass is 14.7. The zero-order chi connectivity index (χ0) is 8.27. The summed E-state index contributed by atoms with van der Waals surface area (Å²) in [5.74, 6) is 0. The van der Waals surface area contributed by atoms with E-state index in [0.29, 0.717) is 0 Å². The van der Waals surface area contributed by atoms with E-state index in [0.717, 1.165) is 23.3 Å². The lowest BCUT2D eigenvalue weighted by atomic mass is 10.0. The monoisotopic (exact) mass is 144 g/mol. The first kappa shape index (κ1) is 7.72. The average molecular weight is 144 g/mol. The molecule has 11 heavy (non-hydrogen) atoms. The third kappa shape index (κ3) is 1.37. The molecule has 0 N–H and O–H groups in total. The number of nitrogens with zero attached hydrogens (tertiary/aromatic N) is 1. The molecular weight excluding hydrogens is 134 g/mol. The zero-order valence-electron chi connectivity index (χ0n) is 6.81. The fourth-order valence-electron chi connectivity index (χ4n) is 1.10. The maximum atomic E-state index is 6.93. The van der Waals surface area contributed by atoms with Crippen molar-refractivity contribution in [3.05, 3.63) is 46.5 Å². The van der Waals surface area contributed by atoms with Crippen LogP contribution in [0.3, 0.4) is 0 Å². The Morgan fingerprint density at radius 3 is 2.82 bits per heavy atom. The van der Waals surface area contributed by atoms with E-state index in [9.17, 15) is 0 Å². The molecule has 0 saturated carbocycles. The molecule has 0 unspecified atom stereocenters. The van der Waals surface area contributed by atoms with E-state index in [2.05, 4.69) is 17.8 Å². The number of rotatable bonds is 1. The summed E-state index contributed by atoms with van der Waals surface area (Å²) in [5.41, 5.74) is 2.85. The van der Waals surface area contributed by atoms with E-state index < -0.39 is 0 Å². The van der Waals surface area contributed by atoms with E-state index in [4.69, 9.17) is 6.57 Å². The molecule has 1 rings (SSSR count). The second-order valence-electron chi connectivity index (χ2n) is 2.44. The molecule has 0 amide bonds. The van der Waals surface area contributed by atoms with Crippen LogP contribution in [0.25, 0.3) is 4.85 Å². The van der Waals surface area contributed by atoms with Crippen LogP contribution < -0.4 is 0 Å². The van der Waals surface area contributed by atoms with Crippen LogP contribution in [0.4, 0.5) is 0 Å². The molecule has 0 saturated heterocycles. The van der Waals surface area contributed by atoms with Gasteiger partial charge in [0.2, 0.25) is 5.57 Å². The van der Waals surface area contributed by atoms with Crippen molar-refractivity contribution in [3.63, 3.8) is 0 Å². The van der Waals surface area contributed by atoms with Gasteiger partial charge in [0.25, 0.3) is 0 Å². The highest BCUT2D eigenvalue weighted by Gasteiger charge is 2.25. The smallest absolute Gasteiger partial charge is 0.0789 e. The number of hydrogen-bond acceptors (Lipinski definition) is 0. The highest BCUT2D eigenvalue weighted by molar-refractivity contribution is 5.46. The maximum absolute atomic E-state index is 6.93. The van der Waals surface area contributed by atoms with Crippen molar-refractivity contribution in [2.45, 2.75) is 20.3 Å². The van der Waals surface area contributed by atoms with Gasteiger partial charge in [0.15, 0.2) is 5.57 Å². The normalized spacial score (nSPS) is 15.5. The van der Waals surface area contributed by atoms with Gasteiger partial charge >= 0.3 is 5.70 Å². The minimum absolute atomic E-state index is 0.773. The van der Waals surface area contributed by atoms with Crippen molar-refractivity contribution in [2.24, 2.45) is 0 Å². The Morgan fingerprint density at radius 1 is 1.64 bits per heavy atom. The van der Waals surface area contributed by atoms with Gasteiger partial charge in [-0.2, -0.15) is 0 Å². The fourth-order valence-corrected chi connectivity index (χ4v) is 1.10. The molecule has 0 spiro atoms. The lowest BCUT2D eigenvalue weighted by molar-refractivity contribution is 1.11. The van der Waals surface area contributed by atoms with E-state index in [-0.39, 0.29) is 0 Å². The molecule has 1 aliphatic rings. The van der Waals surface area contributed by atoms with Gasteiger partial charge in [-0.15, -0.1) is 0 Å². The van der Waals surface area contributed by atoms with Crippen molar-refractivity contribution >= 4 is 0 Å². The summed E-state index contributed by atoms with van der Waals surface area (Å²) in [4.78, 5) is 3.46. The second kappa shape index (κ2) is 3.14. The van der Waals surface area contributed by atoms with E-state index >= 15 is 0 Å². The lowest BCUT2D eigenvalue weighted by Gasteiger charge is -1.90. The Kier molecular flexibility index (Phi) is 2.21. The van der Waals surface area contributed by atoms with Crippen LogP contribution >= 0.6 is 0 Å². The minimum Gasteiger partial charge on any atom is -0.0789 e. The van der Waals surface area contributed by atoms with Gasteiger partial charge in [-0.3, -0.25) is 0 Å². The molecule has 0 fully saturated rings. The summed E-state index contributed by atoms with van der Waals surface area (Å²) in [6.45, 7) is 10.9. The van der Waals surface area contributed by atoms with Crippen LogP contribution in [0.5, 0.6) is 0 Å². The van der Waals surface area contributed by atoms with Crippen molar-refractivity contribution < 1.29 is 0 Å². The summed E-state index contributed by atoms with van der Waals surface area (Å²) in [5, 5.41) is 0. The van der Waals surface area contributed by atoms with Gasteiger partial charge in [0, 0.05) is 13.3 Å². The van der Waals surface area contributed by atoms with Crippen LogP contribution in [0.2, 0.25) is 0 Å². The molecule has 1 nitrogen and oxygen atoms in total. The Balaban J connectivity index is 3.14. The molecule has 1 heteroatoms. The van der Waals surface area contributed by atoms with Gasteiger partial charge < -0.3 is 0 Å². The largest absolute Gasteiger partial charge is 0.429 e. The predicted molar refractivity (Wildman–Crippen MR) is 45.5 cm³/mol. The Labute approximate surface area is 67.6 Å². The quantitative estimate of drug-likeness (QED) is 0.498.